The quantitative estimate of drug-likeness (QED) is 0.421. The van der Waals surface area contributed by atoms with Crippen molar-refractivity contribution in [1.82, 2.24) is 5.32 Å². The summed E-state index contributed by atoms with van der Waals surface area (Å²) < 4.78 is 9.19. The Morgan fingerprint density at radius 1 is 1.38 bits per heavy atom. The highest BCUT2D eigenvalue weighted by Crippen LogP contribution is 2.06. The van der Waals surface area contributed by atoms with Gasteiger partial charge < -0.3 is 14.6 Å². The molecular weight excluding hydrogens is 214 g/mol. The molecule has 0 rings (SSSR count). The fourth-order valence-corrected chi connectivity index (χ4v) is 0.714. The van der Waals surface area contributed by atoms with E-state index in [4.69, 9.17) is 4.74 Å². The number of nitrogens with one attached hydrogen (secondary N) is 1. The van der Waals surface area contributed by atoms with Gasteiger partial charge in [0, 0.05) is 6.08 Å². The van der Waals surface area contributed by atoms with E-state index in [0.717, 1.165) is 12.2 Å². The number of alkyl carbamates (subject to hydrolysis) is 1. The van der Waals surface area contributed by atoms with Crippen LogP contribution in [0.4, 0.5) is 4.79 Å². The normalized spacial score (nSPS) is 13.3. The molecule has 2 N–H and O–H groups in total. The lowest BCUT2D eigenvalue weighted by Gasteiger charge is -2.20. The van der Waals surface area contributed by atoms with Crippen LogP contribution >= 0.6 is 0 Å². The van der Waals surface area contributed by atoms with Crippen LogP contribution in [-0.4, -0.2) is 36.1 Å². The topological polar surface area (TPSA) is 84.9 Å². The third-order valence-corrected chi connectivity index (χ3v) is 1.28. The average Bonchev–Trinajstić information content (AvgIpc) is 2.10. The van der Waals surface area contributed by atoms with Gasteiger partial charge in [0.1, 0.15) is 11.8 Å². The summed E-state index contributed by atoms with van der Waals surface area (Å²) in [7, 11) is 1.21. The zero-order valence-corrected chi connectivity index (χ0v) is 9.81. The van der Waals surface area contributed by atoms with Crippen molar-refractivity contribution in [2.75, 3.05) is 7.11 Å². The van der Waals surface area contributed by atoms with Crippen LogP contribution in [0.3, 0.4) is 0 Å². The molecule has 1 amide bonds. The zero-order chi connectivity index (χ0) is 12.8. The molecule has 6 heteroatoms. The Labute approximate surface area is 94.2 Å². The van der Waals surface area contributed by atoms with Crippen molar-refractivity contribution >= 4 is 12.1 Å². The van der Waals surface area contributed by atoms with Gasteiger partial charge >= 0.3 is 12.1 Å². The third-order valence-electron chi connectivity index (χ3n) is 1.28. The van der Waals surface area contributed by atoms with Crippen molar-refractivity contribution in [2.45, 2.75) is 32.6 Å². The molecule has 16 heavy (non-hydrogen) atoms. The summed E-state index contributed by atoms with van der Waals surface area (Å²) in [5, 5.41) is 11.4. The van der Waals surface area contributed by atoms with Gasteiger partial charge in [-0.25, -0.2) is 9.59 Å². The van der Waals surface area contributed by atoms with E-state index in [-0.39, 0.29) is 0 Å². The molecule has 0 aromatic heterocycles. The molecular formula is C10H17NO5. The number of hydrogen-bond acceptors (Lipinski definition) is 5. The van der Waals surface area contributed by atoms with E-state index >= 15 is 0 Å². The lowest BCUT2D eigenvalue weighted by molar-refractivity contribution is -0.134. The molecule has 0 spiro atoms. The second kappa shape index (κ2) is 6.12. The first-order chi connectivity index (χ1) is 7.24. The Morgan fingerprint density at radius 2 is 1.94 bits per heavy atom. The van der Waals surface area contributed by atoms with E-state index in [1.54, 1.807) is 20.8 Å². The molecule has 0 heterocycles. The maximum absolute atomic E-state index is 11.1. The molecule has 1 atom stereocenters. The summed E-state index contributed by atoms with van der Waals surface area (Å²) in [6.07, 6.45) is 0.0149. The fraction of sp³-hybridized carbons (Fsp3) is 0.600. The monoisotopic (exact) mass is 231 g/mol. The summed E-state index contributed by atoms with van der Waals surface area (Å²) in [6, 6.07) is 0. The van der Waals surface area contributed by atoms with Gasteiger partial charge in [0.2, 0.25) is 0 Å². The summed E-state index contributed by atoms with van der Waals surface area (Å²) in [6.45, 7) is 5.09. The number of ether oxygens (including phenoxy) is 2. The van der Waals surface area contributed by atoms with E-state index < -0.39 is 23.9 Å². The maximum Gasteiger partial charge on any atom is 0.409 e. The standard InChI is InChI=1S/C10H17NO5/c1-10(2,3)16-9(14)11-7(12)5-6-8(13)15-4/h5-7,12H,1-4H3,(H,11,14)/b6-5-/t7-/m0/s1. The van der Waals surface area contributed by atoms with E-state index in [9.17, 15) is 14.7 Å². The first kappa shape index (κ1) is 14.4. The van der Waals surface area contributed by atoms with Crippen molar-refractivity contribution in [3.8, 4) is 0 Å². The highest BCUT2D eigenvalue weighted by Gasteiger charge is 2.17. The maximum atomic E-state index is 11.1. The molecule has 0 saturated heterocycles. The SMILES string of the molecule is COC(=O)/C=C\[C@H](O)NC(=O)OC(C)(C)C. The first-order valence-electron chi connectivity index (χ1n) is 4.68. The lowest BCUT2D eigenvalue weighted by atomic mass is 10.2. The van der Waals surface area contributed by atoms with Crippen LogP contribution in [-0.2, 0) is 14.3 Å². The lowest BCUT2D eigenvalue weighted by Crippen LogP contribution is -2.38. The number of esters is 1. The predicted molar refractivity (Wildman–Crippen MR) is 56.5 cm³/mol. The minimum Gasteiger partial charge on any atom is -0.466 e. The van der Waals surface area contributed by atoms with Gasteiger partial charge in [-0.1, -0.05) is 0 Å². The number of carbonyl (C=O) groups is 2. The number of amides is 1. The van der Waals surface area contributed by atoms with Crippen LogP contribution in [0.25, 0.3) is 0 Å². The molecule has 0 aliphatic rings. The molecule has 0 bridgehead atoms. The summed E-state index contributed by atoms with van der Waals surface area (Å²) in [4.78, 5) is 21.8. The summed E-state index contributed by atoms with van der Waals surface area (Å²) in [5.74, 6) is -0.620. The molecule has 0 aliphatic carbocycles. The van der Waals surface area contributed by atoms with Crippen LogP contribution in [0.2, 0.25) is 0 Å². The van der Waals surface area contributed by atoms with E-state index in [1.807, 2.05) is 0 Å². The van der Waals surface area contributed by atoms with Crippen molar-refractivity contribution in [3.05, 3.63) is 12.2 Å². The van der Waals surface area contributed by atoms with Gasteiger partial charge in [0.15, 0.2) is 0 Å². The van der Waals surface area contributed by atoms with Crippen molar-refractivity contribution < 1.29 is 24.2 Å². The molecule has 0 aliphatic heterocycles. The minimum absolute atomic E-state index is 0.620. The predicted octanol–water partition coefficient (Wildman–Crippen LogP) is 0.559. The number of rotatable bonds is 3. The van der Waals surface area contributed by atoms with Crippen LogP contribution in [0, 0.1) is 0 Å². The number of methoxy groups -OCH3 is 1. The van der Waals surface area contributed by atoms with Crippen LogP contribution < -0.4 is 5.32 Å². The van der Waals surface area contributed by atoms with Crippen LogP contribution in [0.1, 0.15) is 20.8 Å². The Kier molecular flexibility index (Phi) is 5.52. The van der Waals surface area contributed by atoms with Gasteiger partial charge in [-0.3, -0.25) is 5.32 Å². The number of hydrogen-bond donors (Lipinski definition) is 2. The Hall–Kier alpha value is -1.56. The number of aliphatic hydroxyl groups excluding tert-OH is 1. The fourth-order valence-electron chi connectivity index (χ4n) is 0.714. The number of carbonyl (C=O) groups excluding carboxylic acids is 2. The summed E-state index contributed by atoms with van der Waals surface area (Å²) in [5.41, 5.74) is -0.643. The van der Waals surface area contributed by atoms with Crippen molar-refractivity contribution in [2.24, 2.45) is 0 Å². The molecule has 0 aromatic rings. The second-order valence-corrected chi connectivity index (χ2v) is 3.97. The Morgan fingerprint density at radius 3 is 2.38 bits per heavy atom. The van der Waals surface area contributed by atoms with Crippen molar-refractivity contribution in [1.29, 1.82) is 0 Å². The highest BCUT2D eigenvalue weighted by atomic mass is 16.6. The Balaban J connectivity index is 4.06. The van der Waals surface area contributed by atoms with E-state index in [2.05, 4.69) is 10.1 Å². The van der Waals surface area contributed by atoms with Crippen LogP contribution in [0.15, 0.2) is 12.2 Å². The van der Waals surface area contributed by atoms with E-state index in [1.165, 1.54) is 7.11 Å². The average molecular weight is 231 g/mol. The molecule has 92 valence electrons. The summed E-state index contributed by atoms with van der Waals surface area (Å²) >= 11 is 0. The van der Waals surface area contributed by atoms with Gasteiger partial charge in [-0.05, 0) is 26.8 Å². The minimum atomic E-state index is -1.30. The Bertz CT molecular complexity index is 279. The smallest absolute Gasteiger partial charge is 0.409 e. The largest absolute Gasteiger partial charge is 0.466 e. The second-order valence-electron chi connectivity index (χ2n) is 3.97. The first-order valence-corrected chi connectivity index (χ1v) is 4.68. The zero-order valence-electron chi connectivity index (χ0n) is 9.81. The van der Waals surface area contributed by atoms with Gasteiger partial charge in [0.05, 0.1) is 7.11 Å². The van der Waals surface area contributed by atoms with Gasteiger partial charge in [0.25, 0.3) is 0 Å². The van der Waals surface area contributed by atoms with E-state index in [0.29, 0.717) is 0 Å². The van der Waals surface area contributed by atoms with Crippen molar-refractivity contribution in [3.63, 3.8) is 0 Å². The molecule has 6 nitrogen and oxygen atoms in total. The molecule has 0 fully saturated rings. The third kappa shape index (κ3) is 7.81. The van der Waals surface area contributed by atoms with Gasteiger partial charge in [-0.2, -0.15) is 0 Å². The highest BCUT2D eigenvalue weighted by molar-refractivity contribution is 5.81. The molecule has 0 aromatic carbocycles. The van der Waals surface area contributed by atoms with Gasteiger partial charge in [-0.15, -0.1) is 0 Å². The molecule has 0 saturated carbocycles. The molecule has 0 unspecified atom stereocenters. The van der Waals surface area contributed by atoms with Crippen LogP contribution in [0.5, 0.6) is 0 Å². The molecule has 0 radical (unpaired) electrons. The number of aliphatic hydroxyl groups is 1.